The lowest BCUT2D eigenvalue weighted by Gasteiger charge is -2.36. The van der Waals surface area contributed by atoms with Crippen LogP contribution in [0.25, 0.3) is 0 Å². The fraction of sp³-hybridized carbons (Fsp3) is 0.450. The van der Waals surface area contributed by atoms with Crippen molar-refractivity contribution in [2.45, 2.75) is 47.6 Å². The summed E-state index contributed by atoms with van der Waals surface area (Å²) in [7, 11) is -3.56. The van der Waals surface area contributed by atoms with E-state index in [0.29, 0.717) is 25.7 Å². The number of benzene rings is 1. The zero-order valence-electron chi connectivity index (χ0n) is 16.0. The van der Waals surface area contributed by atoms with Crippen LogP contribution in [0.4, 0.5) is 4.79 Å². The van der Waals surface area contributed by atoms with Gasteiger partial charge in [0.1, 0.15) is 4.21 Å². The number of hydrogen-bond donors (Lipinski definition) is 4. The molecule has 1 aromatic carbocycles. The van der Waals surface area contributed by atoms with Crippen molar-refractivity contribution in [2.24, 2.45) is 0 Å². The van der Waals surface area contributed by atoms with Crippen LogP contribution in [0.15, 0.2) is 52.1 Å². The van der Waals surface area contributed by atoms with Crippen molar-refractivity contribution in [3.05, 3.63) is 53.4 Å². The average molecular weight is 439 g/mol. The first-order valence-electron chi connectivity index (χ1n) is 9.55. The second-order valence-electron chi connectivity index (χ2n) is 7.39. The van der Waals surface area contributed by atoms with Crippen molar-refractivity contribution in [2.75, 3.05) is 12.3 Å². The predicted octanol–water partition coefficient (Wildman–Crippen LogP) is 2.01. The Morgan fingerprint density at radius 2 is 1.86 bits per heavy atom. The van der Waals surface area contributed by atoms with Crippen LogP contribution in [-0.2, 0) is 15.4 Å². The van der Waals surface area contributed by atoms with E-state index >= 15 is 0 Å². The van der Waals surface area contributed by atoms with Gasteiger partial charge in [0.25, 0.3) is 0 Å². The quantitative estimate of drug-likeness (QED) is 0.528. The minimum atomic E-state index is -3.56. The van der Waals surface area contributed by atoms with Gasteiger partial charge in [0, 0.05) is 12.6 Å². The Morgan fingerprint density at radius 1 is 1.17 bits per heavy atom. The Morgan fingerprint density at radius 3 is 2.48 bits per heavy atom. The van der Waals surface area contributed by atoms with E-state index in [1.165, 1.54) is 6.07 Å². The second-order valence-corrected chi connectivity index (χ2v) is 10.6. The lowest BCUT2D eigenvalue weighted by Crippen LogP contribution is -2.48. The monoisotopic (exact) mass is 438 g/mol. The standard InChI is InChI=1S/C20H26N2O5S2/c23-17(14-29(26,27)18-7-4-12-28-18)13-21-19(24)22-16-8-10-20(25,11-9-16)15-5-2-1-3-6-15/h1-7,12,16-17,23,25H,8-11,13-14H2,(H2,21,22,24). The lowest BCUT2D eigenvalue weighted by atomic mass is 9.78. The van der Waals surface area contributed by atoms with Crippen molar-refractivity contribution in [3.63, 3.8) is 0 Å². The molecule has 1 fully saturated rings. The molecule has 0 spiro atoms. The van der Waals surface area contributed by atoms with E-state index in [4.69, 9.17) is 0 Å². The summed E-state index contributed by atoms with van der Waals surface area (Å²) in [6, 6.07) is 12.1. The van der Waals surface area contributed by atoms with Crippen molar-refractivity contribution in [3.8, 4) is 0 Å². The SMILES string of the molecule is O=C(NCC(O)CS(=O)(=O)c1cccs1)NC1CCC(O)(c2ccccc2)CC1. The molecule has 2 amide bonds. The maximum Gasteiger partial charge on any atom is 0.315 e. The van der Waals surface area contributed by atoms with Gasteiger partial charge in [0.15, 0.2) is 9.84 Å². The number of aliphatic hydroxyl groups excluding tert-OH is 1. The molecular formula is C20H26N2O5S2. The number of nitrogens with one attached hydrogen (secondary N) is 2. The van der Waals surface area contributed by atoms with E-state index in [9.17, 15) is 23.4 Å². The van der Waals surface area contributed by atoms with Crippen molar-refractivity contribution >= 4 is 27.2 Å². The number of carbonyl (C=O) groups excluding carboxylic acids is 1. The van der Waals surface area contributed by atoms with Gasteiger partial charge in [-0.3, -0.25) is 0 Å². The number of sulfone groups is 1. The molecule has 1 aliphatic rings. The number of amides is 2. The van der Waals surface area contributed by atoms with Gasteiger partial charge in [-0.05, 0) is 42.7 Å². The van der Waals surface area contributed by atoms with E-state index in [0.717, 1.165) is 16.9 Å². The van der Waals surface area contributed by atoms with Gasteiger partial charge >= 0.3 is 6.03 Å². The van der Waals surface area contributed by atoms with E-state index in [1.807, 2.05) is 30.3 Å². The average Bonchev–Trinajstić information content (AvgIpc) is 3.25. The Bertz CT molecular complexity index is 892. The van der Waals surface area contributed by atoms with Crippen LogP contribution in [0.2, 0.25) is 0 Å². The third-order valence-corrected chi connectivity index (χ3v) is 8.46. The topological polar surface area (TPSA) is 116 Å². The van der Waals surface area contributed by atoms with E-state index in [1.54, 1.807) is 11.4 Å². The number of aliphatic hydroxyl groups is 2. The summed E-state index contributed by atoms with van der Waals surface area (Å²) < 4.78 is 24.5. The van der Waals surface area contributed by atoms with Gasteiger partial charge < -0.3 is 20.8 Å². The van der Waals surface area contributed by atoms with E-state index < -0.39 is 33.3 Å². The van der Waals surface area contributed by atoms with Crippen LogP contribution in [0.5, 0.6) is 0 Å². The molecule has 1 unspecified atom stereocenters. The highest BCUT2D eigenvalue weighted by Gasteiger charge is 2.35. The zero-order chi connectivity index (χ0) is 20.9. The molecule has 9 heteroatoms. The molecular weight excluding hydrogens is 412 g/mol. The molecule has 1 aromatic heterocycles. The first-order valence-corrected chi connectivity index (χ1v) is 12.1. The third-order valence-electron chi connectivity index (χ3n) is 5.17. The number of urea groups is 1. The van der Waals surface area contributed by atoms with Gasteiger partial charge in [-0.25, -0.2) is 13.2 Å². The van der Waals surface area contributed by atoms with Crippen LogP contribution in [0, 0.1) is 0 Å². The number of rotatable bonds is 7. The first-order chi connectivity index (χ1) is 13.8. The van der Waals surface area contributed by atoms with Crippen molar-refractivity contribution < 1.29 is 23.4 Å². The molecule has 1 aliphatic carbocycles. The van der Waals surface area contributed by atoms with Crippen LogP contribution < -0.4 is 10.6 Å². The van der Waals surface area contributed by atoms with Gasteiger partial charge in [0.05, 0.1) is 17.5 Å². The van der Waals surface area contributed by atoms with Crippen LogP contribution in [-0.4, -0.2) is 49.1 Å². The molecule has 0 aliphatic heterocycles. The molecule has 7 nitrogen and oxygen atoms in total. The summed E-state index contributed by atoms with van der Waals surface area (Å²) in [4.78, 5) is 12.1. The molecule has 1 heterocycles. The molecule has 3 rings (SSSR count). The van der Waals surface area contributed by atoms with E-state index in [-0.39, 0.29) is 16.8 Å². The minimum Gasteiger partial charge on any atom is -0.390 e. The van der Waals surface area contributed by atoms with Gasteiger partial charge in [-0.1, -0.05) is 36.4 Å². The number of thiophene rings is 1. The minimum absolute atomic E-state index is 0.0778. The molecule has 1 saturated carbocycles. The van der Waals surface area contributed by atoms with Crippen LogP contribution in [0.3, 0.4) is 0 Å². The first kappa shape index (κ1) is 21.8. The third kappa shape index (κ3) is 5.79. The largest absolute Gasteiger partial charge is 0.390 e. The molecule has 29 heavy (non-hydrogen) atoms. The fourth-order valence-corrected chi connectivity index (χ4v) is 6.04. The smallest absolute Gasteiger partial charge is 0.315 e. The molecule has 4 N–H and O–H groups in total. The van der Waals surface area contributed by atoms with Gasteiger partial charge in [0.2, 0.25) is 0 Å². The molecule has 0 radical (unpaired) electrons. The van der Waals surface area contributed by atoms with E-state index in [2.05, 4.69) is 10.6 Å². The Kier molecular flexibility index (Phi) is 6.94. The fourth-order valence-electron chi connectivity index (χ4n) is 3.56. The summed E-state index contributed by atoms with van der Waals surface area (Å²) >= 11 is 1.10. The maximum absolute atomic E-state index is 12.1. The van der Waals surface area contributed by atoms with Gasteiger partial charge in [-0.15, -0.1) is 11.3 Å². The predicted molar refractivity (Wildman–Crippen MR) is 112 cm³/mol. The van der Waals surface area contributed by atoms with Crippen molar-refractivity contribution in [1.29, 1.82) is 0 Å². The van der Waals surface area contributed by atoms with Crippen LogP contribution >= 0.6 is 11.3 Å². The lowest BCUT2D eigenvalue weighted by molar-refractivity contribution is -0.00733. The summed E-state index contributed by atoms with van der Waals surface area (Å²) in [5.74, 6) is -0.443. The second kappa shape index (κ2) is 9.25. The van der Waals surface area contributed by atoms with Crippen molar-refractivity contribution in [1.82, 2.24) is 10.6 Å². The molecule has 0 saturated heterocycles. The molecule has 0 bridgehead atoms. The molecule has 158 valence electrons. The highest BCUT2D eigenvalue weighted by molar-refractivity contribution is 7.93. The highest BCUT2D eigenvalue weighted by atomic mass is 32.2. The number of hydrogen-bond acceptors (Lipinski definition) is 6. The zero-order valence-corrected chi connectivity index (χ0v) is 17.6. The Hall–Kier alpha value is -1.94. The van der Waals surface area contributed by atoms with Crippen LogP contribution in [0.1, 0.15) is 31.2 Å². The summed E-state index contributed by atoms with van der Waals surface area (Å²) in [5.41, 5.74) is 0.0143. The summed E-state index contributed by atoms with van der Waals surface area (Å²) in [5, 5.41) is 27.8. The highest BCUT2D eigenvalue weighted by Crippen LogP contribution is 2.36. The normalized spacial score (nSPS) is 23.3. The summed E-state index contributed by atoms with van der Waals surface area (Å²) in [6.45, 7) is -0.156. The molecule has 1 atom stereocenters. The molecule has 2 aromatic rings. The maximum atomic E-state index is 12.1. The number of carbonyl (C=O) groups is 1. The Labute approximate surface area is 174 Å². The van der Waals surface area contributed by atoms with Gasteiger partial charge in [-0.2, -0.15) is 0 Å². The summed E-state index contributed by atoms with van der Waals surface area (Å²) in [6.07, 6.45) is 1.16. The Balaban J connectivity index is 1.41.